The van der Waals surface area contributed by atoms with Crippen LogP contribution in [-0.4, -0.2) is 40.5 Å². The van der Waals surface area contributed by atoms with Crippen LogP contribution in [0, 0.1) is 13.8 Å². The number of benzene rings is 2. The second-order valence-electron chi connectivity index (χ2n) is 7.35. The molecule has 2 aromatic carbocycles. The predicted octanol–water partition coefficient (Wildman–Crippen LogP) is 2.85. The topological polar surface area (TPSA) is 116 Å². The van der Waals surface area contributed by atoms with E-state index in [2.05, 4.69) is 30.6 Å². The Morgan fingerprint density at radius 2 is 1.82 bits per heavy atom. The smallest absolute Gasteiger partial charge is 0.337 e. The van der Waals surface area contributed by atoms with Gasteiger partial charge < -0.3 is 4.74 Å². The van der Waals surface area contributed by atoms with E-state index in [0.717, 1.165) is 28.2 Å². The summed E-state index contributed by atoms with van der Waals surface area (Å²) in [6.45, 7) is 3.96. The fraction of sp³-hybridized carbons (Fsp3) is 0.125. The van der Waals surface area contributed by atoms with Gasteiger partial charge in [-0.1, -0.05) is 35.0 Å². The van der Waals surface area contributed by atoms with Crippen LogP contribution in [0.2, 0.25) is 0 Å². The zero-order valence-electron chi connectivity index (χ0n) is 18.4. The number of amides is 1. The lowest BCUT2D eigenvalue weighted by Gasteiger charge is -1.99. The minimum Gasteiger partial charge on any atom is -0.465 e. The molecule has 3 N–H and O–H groups in total. The number of para-hydroxylation sites is 1. The third-order valence-electron chi connectivity index (χ3n) is 5.16. The number of hydrogen-bond donors (Lipinski definition) is 3. The molecule has 33 heavy (non-hydrogen) atoms. The molecule has 9 heteroatoms. The van der Waals surface area contributed by atoms with Crippen LogP contribution < -0.4 is 10.1 Å². The first-order valence-electron chi connectivity index (χ1n) is 10.2. The van der Waals surface area contributed by atoms with Gasteiger partial charge in [0.2, 0.25) is 11.4 Å². The summed E-state index contributed by atoms with van der Waals surface area (Å²) >= 11 is 0. The lowest BCUT2D eigenvalue weighted by atomic mass is 10.1. The van der Waals surface area contributed by atoms with Gasteiger partial charge in [0.25, 0.3) is 5.91 Å². The van der Waals surface area contributed by atoms with E-state index in [4.69, 9.17) is 0 Å². The van der Waals surface area contributed by atoms with Crippen LogP contribution in [0.1, 0.15) is 37.8 Å². The first-order valence-corrected chi connectivity index (χ1v) is 10.2. The fourth-order valence-electron chi connectivity index (χ4n) is 3.52. The normalized spacial score (nSPS) is 11.0. The number of rotatable bonds is 6. The van der Waals surface area contributed by atoms with Gasteiger partial charge in [0.05, 0.1) is 30.1 Å². The molecule has 0 saturated carbocycles. The Morgan fingerprint density at radius 1 is 1.09 bits per heavy atom. The molecular formula is C24H23N6O3+. The molecule has 1 amide bonds. The number of esters is 1. The number of carbonyl (C=O) groups excluding carboxylic acids is 2. The molecule has 166 valence electrons. The summed E-state index contributed by atoms with van der Waals surface area (Å²) in [5.41, 5.74) is 8.41. The van der Waals surface area contributed by atoms with Crippen molar-refractivity contribution in [2.45, 2.75) is 13.8 Å². The van der Waals surface area contributed by atoms with E-state index in [0.29, 0.717) is 11.3 Å². The van der Waals surface area contributed by atoms with Crippen LogP contribution in [0.25, 0.3) is 16.9 Å². The maximum Gasteiger partial charge on any atom is 0.337 e. The van der Waals surface area contributed by atoms with E-state index in [9.17, 15) is 9.59 Å². The molecule has 2 heterocycles. The number of aryl methyl sites for hydroxylation is 1. The van der Waals surface area contributed by atoms with E-state index in [1.54, 1.807) is 30.3 Å². The van der Waals surface area contributed by atoms with E-state index in [-0.39, 0.29) is 5.69 Å². The largest absolute Gasteiger partial charge is 0.465 e. The van der Waals surface area contributed by atoms with Crippen molar-refractivity contribution in [2.75, 3.05) is 7.11 Å². The highest BCUT2D eigenvalue weighted by molar-refractivity contribution is 5.94. The summed E-state index contributed by atoms with van der Waals surface area (Å²) in [6.07, 6.45) is 1.49. The van der Waals surface area contributed by atoms with Crippen molar-refractivity contribution in [1.82, 2.24) is 20.7 Å². The molecule has 0 aliphatic rings. The number of nitrogens with zero attached hydrogens (tertiary/aromatic N) is 3. The van der Waals surface area contributed by atoms with Crippen LogP contribution in [-0.2, 0) is 4.74 Å². The maximum atomic E-state index is 12.5. The summed E-state index contributed by atoms with van der Waals surface area (Å²) in [7, 11) is 1.33. The molecule has 0 fully saturated rings. The van der Waals surface area contributed by atoms with Crippen molar-refractivity contribution >= 4 is 18.1 Å². The third kappa shape index (κ3) is 4.57. The Balaban J connectivity index is 1.46. The van der Waals surface area contributed by atoms with Crippen molar-refractivity contribution in [3.8, 4) is 16.9 Å². The number of carbonyl (C=O) groups is 2. The van der Waals surface area contributed by atoms with Crippen LogP contribution in [0.5, 0.6) is 0 Å². The average Bonchev–Trinajstić information content (AvgIpc) is 3.43. The molecule has 0 aliphatic heterocycles. The number of ether oxygens (including phenoxy) is 1. The van der Waals surface area contributed by atoms with Gasteiger partial charge in [-0.2, -0.15) is 15.3 Å². The van der Waals surface area contributed by atoms with Crippen LogP contribution in [0.3, 0.4) is 0 Å². The summed E-state index contributed by atoms with van der Waals surface area (Å²) in [6, 6.07) is 18.3. The molecule has 4 aromatic rings. The molecule has 0 unspecified atom stereocenters. The first-order chi connectivity index (χ1) is 16.0. The Hall–Kier alpha value is -4.53. The van der Waals surface area contributed by atoms with E-state index >= 15 is 0 Å². The lowest BCUT2D eigenvalue weighted by molar-refractivity contribution is -0.661. The lowest BCUT2D eigenvalue weighted by Crippen LogP contribution is -2.35. The van der Waals surface area contributed by atoms with Gasteiger partial charge >= 0.3 is 5.97 Å². The third-order valence-corrected chi connectivity index (χ3v) is 5.16. The Morgan fingerprint density at radius 3 is 2.52 bits per heavy atom. The molecule has 2 aromatic heterocycles. The van der Waals surface area contributed by atoms with Crippen molar-refractivity contribution in [2.24, 2.45) is 5.10 Å². The Labute approximate surface area is 190 Å². The molecule has 0 saturated heterocycles. The molecule has 9 nitrogen and oxygen atoms in total. The van der Waals surface area contributed by atoms with E-state index < -0.39 is 11.9 Å². The van der Waals surface area contributed by atoms with Gasteiger partial charge in [0.15, 0.2) is 0 Å². The highest BCUT2D eigenvalue weighted by Crippen LogP contribution is 2.24. The van der Waals surface area contributed by atoms with Crippen LogP contribution in [0.4, 0.5) is 0 Å². The second kappa shape index (κ2) is 9.31. The zero-order valence-corrected chi connectivity index (χ0v) is 18.4. The molecule has 0 atom stereocenters. The van der Waals surface area contributed by atoms with Gasteiger partial charge in [-0.25, -0.2) is 10.2 Å². The average molecular weight is 443 g/mol. The van der Waals surface area contributed by atoms with E-state index in [1.165, 1.54) is 13.3 Å². The number of aromatic amines is 2. The zero-order chi connectivity index (χ0) is 23.4. The maximum absolute atomic E-state index is 12.5. The summed E-state index contributed by atoms with van der Waals surface area (Å²) < 4.78 is 6.65. The second-order valence-corrected chi connectivity index (χ2v) is 7.35. The molecular weight excluding hydrogens is 420 g/mol. The van der Waals surface area contributed by atoms with Gasteiger partial charge in [0, 0.05) is 19.1 Å². The number of hydrogen-bond acceptors (Lipinski definition) is 5. The van der Waals surface area contributed by atoms with Gasteiger partial charge in [0.1, 0.15) is 11.4 Å². The van der Waals surface area contributed by atoms with E-state index in [1.807, 2.05) is 48.9 Å². The standard InChI is InChI=1S/C24H22N6O3/c1-15-22(16(2)30(29-15)19-7-5-4-6-8-19)20-13-21(27-26-20)23(31)28-25-14-17-9-11-18(12-10-17)24(32)33-3/h4-14H,1-3H3,(H2,26,27,28,31,32)/p+1. The van der Waals surface area contributed by atoms with Crippen LogP contribution >= 0.6 is 0 Å². The number of methoxy groups -OCH3 is 1. The van der Waals surface area contributed by atoms with Gasteiger partial charge in [-0.15, -0.1) is 0 Å². The molecule has 0 spiro atoms. The van der Waals surface area contributed by atoms with Crippen molar-refractivity contribution in [1.29, 1.82) is 0 Å². The SMILES string of the molecule is COC(=O)c1ccc(C=NNC(=O)c2cc(-c3c(C)[nH][n+](-c4ccccc4)c3C)n[nH]2)cc1. The van der Waals surface area contributed by atoms with Crippen LogP contribution in [0.15, 0.2) is 65.8 Å². The molecule has 0 bridgehead atoms. The summed E-state index contributed by atoms with van der Waals surface area (Å²) in [5, 5.41) is 14.4. The highest BCUT2D eigenvalue weighted by atomic mass is 16.5. The number of nitrogens with one attached hydrogen (secondary N) is 3. The van der Waals surface area contributed by atoms with Crippen molar-refractivity contribution < 1.29 is 19.0 Å². The molecule has 0 radical (unpaired) electrons. The van der Waals surface area contributed by atoms with Gasteiger partial charge in [-0.05, 0) is 30.7 Å². The minimum absolute atomic E-state index is 0.287. The summed E-state index contributed by atoms with van der Waals surface area (Å²) in [5.74, 6) is -0.831. The first kappa shape index (κ1) is 21.7. The number of aromatic nitrogens is 4. The highest BCUT2D eigenvalue weighted by Gasteiger charge is 2.24. The predicted molar refractivity (Wildman–Crippen MR) is 122 cm³/mol. The summed E-state index contributed by atoms with van der Waals surface area (Å²) in [4.78, 5) is 24.0. The van der Waals surface area contributed by atoms with Crippen molar-refractivity contribution in [3.63, 3.8) is 0 Å². The fourth-order valence-corrected chi connectivity index (χ4v) is 3.52. The Kier molecular flexibility index (Phi) is 6.12. The Bertz CT molecular complexity index is 1320. The monoisotopic (exact) mass is 443 g/mol. The van der Waals surface area contributed by atoms with Crippen molar-refractivity contribution in [3.05, 3.63) is 88.9 Å². The molecule has 4 rings (SSSR count). The number of hydrazone groups is 1. The quantitative estimate of drug-likeness (QED) is 0.184. The molecule has 0 aliphatic carbocycles. The minimum atomic E-state index is -0.419. The number of H-pyrrole nitrogens is 2. The van der Waals surface area contributed by atoms with Gasteiger partial charge in [-0.3, -0.25) is 9.89 Å².